The van der Waals surface area contributed by atoms with Crippen molar-refractivity contribution >= 4 is 23.6 Å². The summed E-state index contributed by atoms with van der Waals surface area (Å²) >= 11 is 0. The minimum atomic E-state index is -0.611. The molecule has 2 unspecified atom stereocenters. The molecule has 0 aromatic carbocycles. The van der Waals surface area contributed by atoms with Gasteiger partial charge in [-0.15, -0.1) is 0 Å². The minimum absolute atomic E-state index is 0.0108. The number of nitrogens with zero attached hydrogens (tertiary/aromatic N) is 2. The van der Waals surface area contributed by atoms with Gasteiger partial charge in [0.2, 0.25) is 23.6 Å². The second-order valence-corrected chi connectivity index (χ2v) is 5.98. The smallest absolute Gasteiger partial charge is 0.249 e. The number of likely N-dealkylation sites (tertiary alicyclic amines) is 1. The third kappa shape index (κ3) is 2.52. The van der Waals surface area contributed by atoms with E-state index in [2.05, 4.69) is 5.32 Å². The van der Waals surface area contributed by atoms with Crippen LogP contribution in [-0.2, 0) is 19.2 Å². The number of imide groups is 1. The number of amides is 4. The summed E-state index contributed by atoms with van der Waals surface area (Å²) in [5, 5.41) is 2.25. The Morgan fingerprint density at radius 3 is 2.62 bits per heavy atom. The van der Waals surface area contributed by atoms with Crippen LogP contribution in [0.25, 0.3) is 0 Å². The maximum Gasteiger partial charge on any atom is 0.249 e. The first-order valence-electron chi connectivity index (χ1n) is 7.45. The van der Waals surface area contributed by atoms with E-state index in [1.807, 2.05) is 0 Å². The van der Waals surface area contributed by atoms with Crippen molar-refractivity contribution in [1.82, 2.24) is 15.1 Å². The molecule has 0 radical (unpaired) electrons. The predicted molar refractivity (Wildman–Crippen MR) is 71.8 cm³/mol. The lowest BCUT2D eigenvalue weighted by molar-refractivity contribution is -0.152. The maximum absolute atomic E-state index is 12.6. The summed E-state index contributed by atoms with van der Waals surface area (Å²) in [5.74, 6) is -1.55. The molecule has 0 bridgehead atoms. The van der Waals surface area contributed by atoms with Crippen LogP contribution in [-0.4, -0.2) is 58.6 Å². The van der Waals surface area contributed by atoms with Crippen LogP contribution in [0.3, 0.4) is 0 Å². The van der Waals surface area contributed by atoms with E-state index in [-0.39, 0.29) is 24.8 Å². The molecule has 0 spiro atoms. The Labute approximate surface area is 122 Å². The van der Waals surface area contributed by atoms with Crippen molar-refractivity contribution < 1.29 is 19.2 Å². The molecule has 3 rings (SSSR count). The number of piperazine rings is 1. The summed E-state index contributed by atoms with van der Waals surface area (Å²) < 4.78 is 0. The number of hydrogen-bond acceptors (Lipinski definition) is 4. The third-order valence-corrected chi connectivity index (χ3v) is 4.42. The molecule has 21 heavy (non-hydrogen) atoms. The summed E-state index contributed by atoms with van der Waals surface area (Å²) in [5.41, 5.74) is 0. The Morgan fingerprint density at radius 1 is 1.29 bits per heavy atom. The molecule has 1 saturated carbocycles. The fourth-order valence-electron chi connectivity index (χ4n) is 3.17. The first-order chi connectivity index (χ1) is 10.0. The number of carbonyl (C=O) groups is 4. The highest BCUT2D eigenvalue weighted by Crippen LogP contribution is 2.33. The van der Waals surface area contributed by atoms with E-state index >= 15 is 0 Å². The van der Waals surface area contributed by atoms with Gasteiger partial charge in [0, 0.05) is 19.0 Å². The van der Waals surface area contributed by atoms with E-state index < -0.39 is 23.8 Å². The van der Waals surface area contributed by atoms with E-state index in [9.17, 15) is 19.2 Å². The molecule has 114 valence electrons. The topological polar surface area (TPSA) is 86.8 Å². The first-order valence-corrected chi connectivity index (χ1v) is 7.45. The van der Waals surface area contributed by atoms with Crippen molar-refractivity contribution in [3.8, 4) is 0 Å². The zero-order valence-corrected chi connectivity index (χ0v) is 12.0. The van der Waals surface area contributed by atoms with Gasteiger partial charge in [0.1, 0.15) is 12.6 Å². The van der Waals surface area contributed by atoms with Crippen LogP contribution in [0.2, 0.25) is 0 Å². The first kappa shape index (κ1) is 14.0. The Hall–Kier alpha value is -1.92. The molecule has 3 fully saturated rings. The standard InChI is InChI=1S/C14H19N3O4/c1-2-10-13(20)15-11(18)7-17(10)14(21)8-5-12(19)16(6-8)9-3-4-9/h8-10H,2-7H2,1H3,(H,15,18,20). The Balaban J connectivity index is 1.72. The van der Waals surface area contributed by atoms with Crippen LogP contribution in [0.1, 0.15) is 32.6 Å². The van der Waals surface area contributed by atoms with Gasteiger partial charge < -0.3 is 9.80 Å². The highest BCUT2D eigenvalue weighted by Gasteiger charge is 2.45. The van der Waals surface area contributed by atoms with E-state index in [0.29, 0.717) is 19.0 Å². The van der Waals surface area contributed by atoms with Crippen molar-refractivity contribution in [2.45, 2.75) is 44.7 Å². The van der Waals surface area contributed by atoms with Crippen LogP contribution in [0.4, 0.5) is 0 Å². The van der Waals surface area contributed by atoms with Crippen molar-refractivity contribution in [3.05, 3.63) is 0 Å². The SMILES string of the molecule is CCC1C(=O)NC(=O)CN1C(=O)C1CC(=O)N(C2CC2)C1. The fraction of sp³-hybridized carbons (Fsp3) is 0.714. The van der Waals surface area contributed by atoms with E-state index in [0.717, 1.165) is 12.8 Å². The molecule has 2 saturated heterocycles. The molecule has 2 atom stereocenters. The molecule has 0 aromatic heterocycles. The Bertz CT molecular complexity index is 514. The molecule has 0 aromatic rings. The third-order valence-electron chi connectivity index (χ3n) is 4.42. The van der Waals surface area contributed by atoms with Gasteiger partial charge in [-0.05, 0) is 19.3 Å². The van der Waals surface area contributed by atoms with Crippen LogP contribution in [0.5, 0.6) is 0 Å². The van der Waals surface area contributed by atoms with Gasteiger partial charge in [0.15, 0.2) is 0 Å². The lowest BCUT2D eigenvalue weighted by atomic mass is 10.0. The molecule has 7 heteroatoms. The van der Waals surface area contributed by atoms with Crippen LogP contribution < -0.4 is 5.32 Å². The van der Waals surface area contributed by atoms with E-state index in [1.165, 1.54) is 4.90 Å². The monoisotopic (exact) mass is 293 g/mol. The van der Waals surface area contributed by atoms with E-state index in [1.54, 1.807) is 11.8 Å². The van der Waals surface area contributed by atoms with Gasteiger partial charge in [-0.3, -0.25) is 24.5 Å². The molecule has 7 nitrogen and oxygen atoms in total. The molecule has 4 amide bonds. The highest BCUT2D eigenvalue weighted by atomic mass is 16.2. The molecule has 1 aliphatic carbocycles. The van der Waals surface area contributed by atoms with Gasteiger partial charge in [-0.25, -0.2) is 0 Å². The second kappa shape index (κ2) is 5.13. The quantitative estimate of drug-likeness (QED) is 0.694. The lowest BCUT2D eigenvalue weighted by Crippen LogP contribution is -2.60. The molecule has 2 heterocycles. The summed E-state index contributed by atoms with van der Waals surface area (Å²) in [7, 11) is 0. The summed E-state index contributed by atoms with van der Waals surface area (Å²) in [6.07, 6.45) is 2.67. The normalized spacial score (nSPS) is 29.9. The summed E-state index contributed by atoms with van der Waals surface area (Å²) in [4.78, 5) is 51.0. The van der Waals surface area contributed by atoms with Crippen molar-refractivity contribution in [1.29, 1.82) is 0 Å². The van der Waals surface area contributed by atoms with Gasteiger partial charge in [-0.1, -0.05) is 6.92 Å². The molecular weight excluding hydrogens is 274 g/mol. The number of carbonyl (C=O) groups excluding carboxylic acids is 4. The summed E-state index contributed by atoms with van der Waals surface area (Å²) in [6.45, 7) is 2.12. The van der Waals surface area contributed by atoms with Gasteiger partial charge in [-0.2, -0.15) is 0 Å². The highest BCUT2D eigenvalue weighted by molar-refractivity contribution is 6.05. The fourth-order valence-corrected chi connectivity index (χ4v) is 3.17. The minimum Gasteiger partial charge on any atom is -0.339 e. The molecule has 2 aliphatic heterocycles. The average molecular weight is 293 g/mol. The average Bonchev–Trinajstić information content (AvgIpc) is 3.20. The van der Waals surface area contributed by atoms with Crippen LogP contribution in [0, 0.1) is 5.92 Å². The van der Waals surface area contributed by atoms with Gasteiger partial charge in [0.25, 0.3) is 0 Å². The van der Waals surface area contributed by atoms with Crippen molar-refractivity contribution in [2.75, 3.05) is 13.1 Å². The second-order valence-electron chi connectivity index (χ2n) is 5.98. The van der Waals surface area contributed by atoms with E-state index in [4.69, 9.17) is 0 Å². The predicted octanol–water partition coefficient (Wildman–Crippen LogP) is -0.739. The zero-order chi connectivity index (χ0) is 15.1. The Kier molecular flexibility index (Phi) is 3.43. The van der Waals surface area contributed by atoms with Crippen molar-refractivity contribution in [3.63, 3.8) is 0 Å². The molecule has 3 aliphatic rings. The van der Waals surface area contributed by atoms with Gasteiger partial charge in [0.05, 0.1) is 5.92 Å². The lowest BCUT2D eigenvalue weighted by Gasteiger charge is -2.34. The molecular formula is C14H19N3O4. The van der Waals surface area contributed by atoms with Crippen LogP contribution >= 0.6 is 0 Å². The zero-order valence-electron chi connectivity index (χ0n) is 12.0. The maximum atomic E-state index is 12.6. The number of nitrogens with one attached hydrogen (secondary N) is 1. The van der Waals surface area contributed by atoms with Crippen molar-refractivity contribution in [2.24, 2.45) is 5.92 Å². The Morgan fingerprint density at radius 2 is 2.00 bits per heavy atom. The largest absolute Gasteiger partial charge is 0.339 e. The molecule has 1 N–H and O–H groups in total. The number of hydrogen-bond donors (Lipinski definition) is 1. The van der Waals surface area contributed by atoms with Gasteiger partial charge >= 0.3 is 0 Å². The van der Waals surface area contributed by atoms with Crippen LogP contribution in [0.15, 0.2) is 0 Å². The number of rotatable bonds is 3. The summed E-state index contributed by atoms with van der Waals surface area (Å²) in [6, 6.07) is -0.316.